The Kier molecular flexibility index (Phi) is 6.90. The lowest BCUT2D eigenvalue weighted by Gasteiger charge is -2.39. The molecule has 22 heavy (non-hydrogen) atoms. The number of esters is 1. The van der Waals surface area contributed by atoms with Crippen LogP contribution in [0, 0.1) is 0 Å². The molecule has 2 N–H and O–H groups in total. The third kappa shape index (κ3) is 7.13. The summed E-state index contributed by atoms with van der Waals surface area (Å²) >= 11 is 0. The van der Waals surface area contributed by atoms with Crippen molar-refractivity contribution in [3.63, 3.8) is 0 Å². The highest BCUT2D eigenvalue weighted by atomic mass is 16.6. The van der Waals surface area contributed by atoms with Crippen molar-refractivity contribution in [3.8, 4) is 0 Å². The Morgan fingerprint density at radius 1 is 1.27 bits per heavy atom. The second-order valence-electron chi connectivity index (χ2n) is 7.14. The third-order valence-electron chi connectivity index (χ3n) is 3.21. The molecule has 0 aromatic rings. The minimum Gasteiger partial charge on any atom is -0.460 e. The second kappa shape index (κ2) is 7.33. The zero-order chi connectivity index (χ0) is 17.8. The molecule has 0 fully saturated rings. The average Bonchev–Trinajstić information content (AvgIpc) is 2.23. The van der Waals surface area contributed by atoms with Crippen molar-refractivity contribution in [2.75, 3.05) is 0 Å². The van der Waals surface area contributed by atoms with Gasteiger partial charge in [-0.25, -0.2) is 0 Å². The normalized spacial score (nSPS) is 14.0. The first-order chi connectivity index (χ1) is 9.69. The molecule has 0 spiro atoms. The Morgan fingerprint density at radius 3 is 2.14 bits per heavy atom. The first-order valence-electron chi connectivity index (χ1n) is 7.04. The zero-order valence-electron chi connectivity index (χ0n) is 14.3. The van der Waals surface area contributed by atoms with Crippen molar-refractivity contribution in [1.82, 2.24) is 0 Å². The molecular weight excluding hydrogens is 289 g/mol. The van der Waals surface area contributed by atoms with Crippen LogP contribution in [0.2, 0.25) is 0 Å². The summed E-state index contributed by atoms with van der Waals surface area (Å²) in [5.41, 5.74) is 5.52. The van der Waals surface area contributed by atoms with E-state index < -0.39 is 35.8 Å². The van der Waals surface area contributed by atoms with Crippen LogP contribution in [-0.4, -0.2) is 46.0 Å². The maximum absolute atomic E-state index is 11.8. The lowest BCUT2D eigenvalue weighted by Crippen LogP contribution is -2.53. The van der Waals surface area contributed by atoms with Gasteiger partial charge in [0.15, 0.2) is 0 Å². The summed E-state index contributed by atoms with van der Waals surface area (Å²) in [5, 5.41) is 23.5. The van der Waals surface area contributed by atoms with Crippen molar-refractivity contribution in [2.45, 2.75) is 77.6 Å². The van der Waals surface area contributed by atoms with Crippen LogP contribution in [-0.2, 0) is 14.2 Å². The van der Waals surface area contributed by atoms with Crippen LogP contribution in [0.1, 0.15) is 54.9 Å². The highest BCUT2D eigenvalue weighted by Gasteiger charge is 2.42. The number of rotatable bonds is 7. The zero-order valence-corrected chi connectivity index (χ0v) is 14.3. The number of ether oxygens (including phenoxy) is 1. The molecule has 0 bridgehead atoms. The van der Waals surface area contributed by atoms with Crippen molar-refractivity contribution >= 4 is 13.1 Å². The largest absolute Gasteiger partial charge is 0.464 e. The molecule has 0 rings (SSSR count). The molecule has 0 saturated heterocycles. The summed E-state index contributed by atoms with van der Waals surface area (Å²) in [7, 11) is -1.55. The number of carbonyl (C=O) groups excluding carboxylic acids is 1. The predicted octanol–water partition coefficient (Wildman–Crippen LogP) is 1.98. The highest BCUT2D eigenvalue weighted by Crippen LogP contribution is 2.26. The van der Waals surface area contributed by atoms with E-state index in [1.165, 1.54) is 13.8 Å². The minimum atomic E-state index is -1.55. The fraction of sp³-hybridized carbons (Fsp3) is 0.923. The van der Waals surface area contributed by atoms with Crippen LogP contribution in [0.3, 0.4) is 0 Å². The molecule has 1 atom stereocenters. The molecule has 0 aromatic carbocycles. The van der Waals surface area contributed by atoms with E-state index in [4.69, 9.17) is 14.9 Å². The Bertz CT molecular complexity index is 436. The van der Waals surface area contributed by atoms with Gasteiger partial charge in [-0.05, 0) is 54.0 Å². The van der Waals surface area contributed by atoms with E-state index in [2.05, 4.69) is 10.0 Å². The summed E-state index contributed by atoms with van der Waals surface area (Å²) in [6.45, 7) is 11.3. The molecule has 9 heteroatoms. The van der Waals surface area contributed by atoms with Crippen molar-refractivity contribution in [3.05, 3.63) is 10.4 Å². The number of nitrogens with zero attached hydrogens (tertiary/aromatic N) is 3. The number of azide groups is 1. The molecule has 8 nitrogen and oxygen atoms in total. The van der Waals surface area contributed by atoms with Gasteiger partial charge in [0.2, 0.25) is 0 Å². The Hall–Kier alpha value is -1.28. The molecule has 126 valence electrons. The van der Waals surface area contributed by atoms with Gasteiger partial charge in [-0.3, -0.25) is 4.79 Å². The molecule has 0 saturated carbocycles. The maximum Gasteiger partial charge on any atom is 0.464 e. The van der Waals surface area contributed by atoms with Gasteiger partial charge in [0.25, 0.3) is 0 Å². The SMILES string of the molecule is CC(C)(C)OC(=O)CC(N=[N+]=[N-])B(O)OC(C)(C)C(C)(C)O. The monoisotopic (exact) mass is 315 g/mol. The molecule has 0 aliphatic heterocycles. The molecule has 0 radical (unpaired) electrons. The quantitative estimate of drug-likeness (QED) is 0.244. The summed E-state index contributed by atoms with van der Waals surface area (Å²) < 4.78 is 10.5. The lowest BCUT2D eigenvalue weighted by molar-refractivity contribution is -0.155. The summed E-state index contributed by atoms with van der Waals surface area (Å²) in [4.78, 5) is 14.4. The number of hydrogen-bond donors (Lipinski definition) is 2. The first kappa shape index (κ1) is 20.7. The minimum absolute atomic E-state index is 0.329. The average molecular weight is 315 g/mol. The van der Waals surface area contributed by atoms with Gasteiger partial charge in [-0.15, -0.1) is 0 Å². The fourth-order valence-corrected chi connectivity index (χ4v) is 1.34. The van der Waals surface area contributed by atoms with E-state index in [-0.39, 0.29) is 6.42 Å². The van der Waals surface area contributed by atoms with E-state index in [0.29, 0.717) is 0 Å². The van der Waals surface area contributed by atoms with Gasteiger partial charge in [0.05, 0.1) is 23.6 Å². The van der Waals surface area contributed by atoms with E-state index >= 15 is 0 Å². The first-order valence-corrected chi connectivity index (χ1v) is 7.04. The number of carbonyl (C=O) groups is 1. The van der Waals surface area contributed by atoms with Gasteiger partial charge in [0.1, 0.15) is 5.60 Å². The number of aliphatic hydroxyl groups is 1. The molecule has 0 amide bonds. The Morgan fingerprint density at radius 2 is 1.77 bits per heavy atom. The van der Waals surface area contributed by atoms with Gasteiger partial charge < -0.3 is 19.5 Å². The molecule has 1 unspecified atom stereocenters. The standard InChI is InChI=1S/C13H26BN3O5/c1-11(2,3)21-10(18)8-9(16-17-15)14(20)22-13(6,7)12(4,5)19/h9,19-20H,8H2,1-7H3. The molecule has 0 aromatic heterocycles. The maximum atomic E-state index is 11.8. The van der Waals surface area contributed by atoms with Gasteiger partial charge in [-0.1, -0.05) is 5.11 Å². The van der Waals surface area contributed by atoms with Gasteiger partial charge >= 0.3 is 13.1 Å². The number of hydrogen-bond acceptors (Lipinski definition) is 6. The fourth-order valence-electron chi connectivity index (χ4n) is 1.34. The van der Waals surface area contributed by atoms with Crippen LogP contribution in [0.15, 0.2) is 5.11 Å². The predicted molar refractivity (Wildman–Crippen MR) is 82.8 cm³/mol. The molecule has 0 aliphatic rings. The third-order valence-corrected chi connectivity index (χ3v) is 3.21. The topological polar surface area (TPSA) is 125 Å². The van der Waals surface area contributed by atoms with Crippen molar-refractivity contribution in [1.29, 1.82) is 0 Å². The molecule has 0 aliphatic carbocycles. The lowest BCUT2D eigenvalue weighted by atomic mass is 9.75. The Balaban J connectivity index is 4.96. The van der Waals surface area contributed by atoms with E-state index in [9.17, 15) is 14.9 Å². The van der Waals surface area contributed by atoms with Crippen LogP contribution >= 0.6 is 0 Å². The van der Waals surface area contributed by atoms with Crippen LogP contribution in [0.4, 0.5) is 0 Å². The van der Waals surface area contributed by atoms with Crippen LogP contribution < -0.4 is 0 Å². The van der Waals surface area contributed by atoms with Gasteiger partial charge in [0, 0.05) is 4.91 Å². The van der Waals surface area contributed by atoms with E-state index in [1.807, 2.05) is 0 Å². The smallest absolute Gasteiger partial charge is 0.460 e. The summed E-state index contributed by atoms with van der Waals surface area (Å²) in [6, 6.07) is 0. The van der Waals surface area contributed by atoms with Crippen molar-refractivity contribution < 1.29 is 24.3 Å². The highest BCUT2D eigenvalue weighted by molar-refractivity contribution is 6.45. The van der Waals surface area contributed by atoms with Crippen LogP contribution in [0.5, 0.6) is 0 Å². The van der Waals surface area contributed by atoms with Crippen LogP contribution in [0.25, 0.3) is 10.4 Å². The second-order valence-corrected chi connectivity index (χ2v) is 7.14. The summed E-state index contributed by atoms with van der Waals surface area (Å²) in [5.74, 6) is -1.77. The van der Waals surface area contributed by atoms with E-state index in [1.54, 1.807) is 34.6 Å². The Labute approximate surface area is 131 Å². The molecule has 0 heterocycles. The summed E-state index contributed by atoms with van der Waals surface area (Å²) in [6.07, 6.45) is -0.329. The van der Waals surface area contributed by atoms with E-state index in [0.717, 1.165) is 0 Å². The van der Waals surface area contributed by atoms with Crippen molar-refractivity contribution in [2.24, 2.45) is 5.11 Å². The molecular formula is C13H26BN3O5. The van der Waals surface area contributed by atoms with Gasteiger partial charge in [-0.2, -0.15) is 0 Å².